The van der Waals surface area contributed by atoms with Gasteiger partial charge in [-0.05, 0) is 56.5 Å². The second kappa shape index (κ2) is 9.30. The summed E-state index contributed by atoms with van der Waals surface area (Å²) in [4.78, 5) is 30.7. The molecule has 3 aromatic rings. The summed E-state index contributed by atoms with van der Waals surface area (Å²) in [6.45, 7) is 5.94. The van der Waals surface area contributed by atoms with Gasteiger partial charge in [0.1, 0.15) is 5.69 Å². The molecular weight excluding hydrogens is 408 g/mol. The van der Waals surface area contributed by atoms with Gasteiger partial charge in [0.15, 0.2) is 11.4 Å². The van der Waals surface area contributed by atoms with Crippen LogP contribution in [0.4, 0.5) is 5.69 Å². The average molecular weight is 437 g/mol. The summed E-state index contributed by atoms with van der Waals surface area (Å²) in [5.74, 6) is -0.287. The van der Waals surface area contributed by atoms with Crippen LogP contribution in [0.25, 0.3) is 5.65 Å². The molecule has 0 atom stereocenters. The van der Waals surface area contributed by atoms with Crippen LogP contribution < -0.4 is 15.0 Å². The molecule has 0 aliphatic carbocycles. The fourth-order valence-electron chi connectivity index (χ4n) is 4.23. The average Bonchev–Trinajstić information content (AvgIpc) is 3.11. The number of imidazole rings is 1. The lowest BCUT2D eigenvalue weighted by molar-refractivity contribution is -0.136. The molecule has 1 saturated heterocycles. The zero-order chi connectivity index (χ0) is 22.7. The van der Waals surface area contributed by atoms with Crippen molar-refractivity contribution in [3.8, 4) is 5.75 Å². The third kappa shape index (κ3) is 4.54. The molecule has 1 aliphatic heterocycles. The number of pyridine rings is 1. The molecule has 8 nitrogen and oxygen atoms in total. The second-order valence-corrected chi connectivity index (χ2v) is 8.02. The van der Waals surface area contributed by atoms with Crippen molar-refractivity contribution in [2.75, 3.05) is 24.6 Å². The van der Waals surface area contributed by atoms with Crippen molar-refractivity contribution in [2.45, 2.75) is 39.2 Å². The Balaban J connectivity index is 1.39. The zero-order valence-electron chi connectivity index (χ0n) is 18.4. The Morgan fingerprint density at radius 1 is 1.19 bits per heavy atom. The number of anilines is 1. The summed E-state index contributed by atoms with van der Waals surface area (Å²) >= 11 is 0. The first-order valence-corrected chi connectivity index (χ1v) is 10.9. The number of rotatable bonds is 7. The standard InChI is InChI=1S/C24H28N4O4/c1-3-32-20-5-4-12-28-22(16(2)25-23(20)28)24(31)26-18-10-13-27(14-11-18)19-8-6-17(7-9-19)15-21(29)30/h4-9,12,18H,3,10-11,13-15H2,1-2H3,(H,26,31)(H,29,30). The lowest BCUT2D eigenvalue weighted by atomic mass is 10.0. The fraction of sp³-hybridized carbons (Fsp3) is 0.375. The highest BCUT2D eigenvalue weighted by atomic mass is 16.5. The molecule has 168 valence electrons. The quantitative estimate of drug-likeness (QED) is 0.591. The monoisotopic (exact) mass is 436 g/mol. The Kier molecular flexibility index (Phi) is 6.30. The van der Waals surface area contributed by atoms with Gasteiger partial charge < -0.3 is 20.1 Å². The van der Waals surface area contributed by atoms with Crippen LogP contribution in [-0.2, 0) is 11.2 Å². The van der Waals surface area contributed by atoms with Crippen molar-refractivity contribution in [3.63, 3.8) is 0 Å². The highest BCUT2D eigenvalue weighted by molar-refractivity contribution is 5.95. The van der Waals surface area contributed by atoms with Gasteiger partial charge >= 0.3 is 5.97 Å². The van der Waals surface area contributed by atoms with Gasteiger partial charge in [-0.2, -0.15) is 0 Å². The van der Waals surface area contributed by atoms with E-state index in [1.807, 2.05) is 56.4 Å². The van der Waals surface area contributed by atoms with Gasteiger partial charge in [-0.3, -0.25) is 14.0 Å². The van der Waals surface area contributed by atoms with E-state index in [0.29, 0.717) is 29.4 Å². The number of hydrogen-bond donors (Lipinski definition) is 2. The van der Waals surface area contributed by atoms with Crippen LogP contribution in [0.15, 0.2) is 42.6 Å². The minimum Gasteiger partial charge on any atom is -0.490 e. The number of piperidine rings is 1. The second-order valence-electron chi connectivity index (χ2n) is 8.02. The molecular formula is C24H28N4O4. The van der Waals surface area contributed by atoms with Gasteiger partial charge in [0.25, 0.3) is 5.91 Å². The lowest BCUT2D eigenvalue weighted by Gasteiger charge is -2.34. The van der Waals surface area contributed by atoms with Crippen molar-refractivity contribution in [1.82, 2.24) is 14.7 Å². The molecule has 32 heavy (non-hydrogen) atoms. The number of carbonyl (C=O) groups excluding carboxylic acids is 1. The Morgan fingerprint density at radius 2 is 1.91 bits per heavy atom. The zero-order valence-corrected chi connectivity index (χ0v) is 18.4. The van der Waals surface area contributed by atoms with E-state index in [1.54, 1.807) is 4.40 Å². The summed E-state index contributed by atoms with van der Waals surface area (Å²) < 4.78 is 7.44. The number of fused-ring (bicyclic) bond motifs is 1. The van der Waals surface area contributed by atoms with Crippen LogP contribution in [0.2, 0.25) is 0 Å². The van der Waals surface area contributed by atoms with Gasteiger partial charge in [0, 0.05) is 31.0 Å². The van der Waals surface area contributed by atoms with E-state index in [1.165, 1.54) is 0 Å². The van der Waals surface area contributed by atoms with E-state index in [0.717, 1.165) is 37.2 Å². The highest BCUT2D eigenvalue weighted by Gasteiger charge is 2.24. The summed E-state index contributed by atoms with van der Waals surface area (Å²) in [5, 5.41) is 12.1. The third-order valence-electron chi connectivity index (χ3n) is 5.79. The number of benzene rings is 1. The Morgan fingerprint density at radius 3 is 2.56 bits per heavy atom. The largest absolute Gasteiger partial charge is 0.490 e. The summed E-state index contributed by atoms with van der Waals surface area (Å²) in [6.07, 6.45) is 3.54. The molecule has 3 heterocycles. The van der Waals surface area contributed by atoms with Crippen molar-refractivity contribution in [3.05, 3.63) is 59.5 Å². The van der Waals surface area contributed by atoms with Crippen LogP contribution in [0, 0.1) is 6.92 Å². The van der Waals surface area contributed by atoms with Gasteiger partial charge in [0.2, 0.25) is 0 Å². The molecule has 0 spiro atoms. The number of carbonyl (C=O) groups is 2. The lowest BCUT2D eigenvalue weighted by Crippen LogP contribution is -2.45. The number of nitrogens with one attached hydrogen (secondary N) is 1. The first kappa shape index (κ1) is 21.7. The van der Waals surface area contributed by atoms with E-state index in [4.69, 9.17) is 9.84 Å². The predicted molar refractivity (Wildman–Crippen MR) is 122 cm³/mol. The van der Waals surface area contributed by atoms with Crippen molar-refractivity contribution >= 4 is 23.2 Å². The van der Waals surface area contributed by atoms with E-state index in [-0.39, 0.29) is 18.4 Å². The number of nitrogens with zero attached hydrogens (tertiary/aromatic N) is 3. The normalized spacial score (nSPS) is 14.5. The van der Waals surface area contributed by atoms with E-state index in [9.17, 15) is 9.59 Å². The molecule has 2 aromatic heterocycles. The SMILES string of the molecule is CCOc1cccn2c(C(=O)NC3CCN(c4ccc(CC(=O)O)cc4)CC3)c(C)nc12. The maximum absolute atomic E-state index is 13.1. The molecule has 1 aromatic carbocycles. The molecule has 2 N–H and O–H groups in total. The van der Waals surface area contributed by atoms with Gasteiger partial charge in [0.05, 0.1) is 18.7 Å². The van der Waals surface area contributed by atoms with E-state index >= 15 is 0 Å². The molecule has 4 rings (SSSR count). The molecule has 8 heteroatoms. The fourth-order valence-corrected chi connectivity index (χ4v) is 4.23. The maximum Gasteiger partial charge on any atom is 0.307 e. The molecule has 1 aliphatic rings. The topological polar surface area (TPSA) is 96.2 Å². The van der Waals surface area contributed by atoms with Crippen LogP contribution in [0.3, 0.4) is 0 Å². The third-order valence-corrected chi connectivity index (χ3v) is 5.79. The number of amides is 1. The molecule has 0 unspecified atom stereocenters. The summed E-state index contributed by atoms with van der Waals surface area (Å²) in [7, 11) is 0. The van der Waals surface area contributed by atoms with Crippen molar-refractivity contribution < 1.29 is 19.4 Å². The molecule has 0 bridgehead atoms. The summed E-state index contributed by atoms with van der Waals surface area (Å²) in [6, 6.07) is 11.5. The maximum atomic E-state index is 13.1. The van der Waals surface area contributed by atoms with Crippen LogP contribution >= 0.6 is 0 Å². The van der Waals surface area contributed by atoms with Gasteiger partial charge in [-0.15, -0.1) is 0 Å². The van der Waals surface area contributed by atoms with Gasteiger partial charge in [-0.1, -0.05) is 12.1 Å². The number of aliphatic carboxylic acids is 1. The van der Waals surface area contributed by atoms with Crippen molar-refractivity contribution in [2.24, 2.45) is 0 Å². The molecule has 1 amide bonds. The summed E-state index contributed by atoms with van der Waals surface area (Å²) in [5.41, 5.74) is 3.73. The highest BCUT2D eigenvalue weighted by Crippen LogP contribution is 2.24. The van der Waals surface area contributed by atoms with Crippen LogP contribution in [0.1, 0.15) is 41.5 Å². The number of ether oxygens (including phenoxy) is 1. The Hall–Kier alpha value is -3.55. The smallest absolute Gasteiger partial charge is 0.307 e. The number of carboxylic acids is 1. The Bertz CT molecular complexity index is 1110. The predicted octanol–water partition coefficient (Wildman–Crippen LogP) is 3.07. The van der Waals surface area contributed by atoms with Crippen LogP contribution in [-0.4, -0.2) is 52.1 Å². The Labute approximate surface area is 186 Å². The minimum absolute atomic E-state index is 0.0309. The van der Waals surface area contributed by atoms with E-state index < -0.39 is 5.97 Å². The van der Waals surface area contributed by atoms with Gasteiger partial charge in [-0.25, -0.2) is 4.98 Å². The van der Waals surface area contributed by atoms with E-state index in [2.05, 4.69) is 15.2 Å². The number of aromatic nitrogens is 2. The first-order valence-electron chi connectivity index (χ1n) is 10.9. The minimum atomic E-state index is -0.829. The van der Waals surface area contributed by atoms with Crippen molar-refractivity contribution in [1.29, 1.82) is 0 Å². The molecule has 1 fully saturated rings. The first-order chi connectivity index (χ1) is 15.5. The number of carboxylic acid groups (broad SMARTS) is 1. The molecule has 0 saturated carbocycles. The molecule has 0 radical (unpaired) electrons. The van der Waals surface area contributed by atoms with Crippen LogP contribution in [0.5, 0.6) is 5.75 Å². The number of hydrogen-bond acceptors (Lipinski definition) is 5. The number of aryl methyl sites for hydroxylation is 1.